The second-order valence-corrected chi connectivity index (χ2v) is 4.30. The first-order chi connectivity index (χ1) is 5.68. The van der Waals surface area contributed by atoms with Crippen LogP contribution in [0.2, 0.25) is 0 Å². The molecular formula is C9H11BrN2. The van der Waals surface area contributed by atoms with Crippen molar-refractivity contribution in [3.05, 3.63) is 28.5 Å². The van der Waals surface area contributed by atoms with Gasteiger partial charge in [-0.25, -0.2) is 4.98 Å². The molecular weight excluding hydrogens is 216 g/mol. The smallest absolute Gasteiger partial charge is 0.106 e. The number of aromatic nitrogens is 1. The average molecular weight is 227 g/mol. The summed E-state index contributed by atoms with van der Waals surface area (Å²) in [5.74, 6) is 0. The highest BCUT2D eigenvalue weighted by molar-refractivity contribution is 9.10. The molecule has 1 aromatic heterocycles. The molecule has 1 fully saturated rings. The molecule has 1 aliphatic carbocycles. The standard InChI is InChI=1S/C9H11BrN2/c10-8-3-1-2-7(12-8)6-9(11)4-5-9/h1-3H,4-6,11H2. The predicted octanol–water partition coefficient (Wildman–Crippen LogP) is 1.88. The number of rotatable bonds is 2. The molecule has 0 bridgehead atoms. The molecule has 1 aromatic rings. The minimum Gasteiger partial charge on any atom is -0.325 e. The third-order valence-corrected chi connectivity index (χ3v) is 2.64. The molecule has 0 unspecified atom stereocenters. The number of halogens is 1. The first kappa shape index (κ1) is 8.20. The van der Waals surface area contributed by atoms with Crippen molar-refractivity contribution in [3.8, 4) is 0 Å². The van der Waals surface area contributed by atoms with Crippen LogP contribution < -0.4 is 5.73 Å². The van der Waals surface area contributed by atoms with Crippen molar-refractivity contribution in [1.29, 1.82) is 0 Å². The van der Waals surface area contributed by atoms with E-state index in [2.05, 4.69) is 20.9 Å². The summed E-state index contributed by atoms with van der Waals surface area (Å²) in [5, 5.41) is 0. The Hall–Kier alpha value is -0.410. The van der Waals surface area contributed by atoms with Crippen molar-refractivity contribution < 1.29 is 0 Å². The lowest BCUT2D eigenvalue weighted by molar-refractivity contribution is 0.658. The van der Waals surface area contributed by atoms with E-state index < -0.39 is 0 Å². The zero-order chi connectivity index (χ0) is 8.60. The van der Waals surface area contributed by atoms with E-state index in [-0.39, 0.29) is 5.54 Å². The summed E-state index contributed by atoms with van der Waals surface area (Å²) in [7, 11) is 0. The molecule has 64 valence electrons. The molecule has 0 aliphatic heterocycles. The maximum absolute atomic E-state index is 5.97. The molecule has 0 atom stereocenters. The van der Waals surface area contributed by atoms with Crippen LogP contribution in [0.25, 0.3) is 0 Å². The quantitative estimate of drug-likeness (QED) is 0.783. The van der Waals surface area contributed by atoms with Crippen molar-refractivity contribution >= 4 is 15.9 Å². The summed E-state index contributed by atoms with van der Waals surface area (Å²) in [6.07, 6.45) is 3.19. The molecule has 0 spiro atoms. The Kier molecular flexibility index (Phi) is 1.93. The SMILES string of the molecule is NC1(Cc2cccc(Br)n2)CC1. The number of nitrogens with zero attached hydrogens (tertiary/aromatic N) is 1. The minimum atomic E-state index is 0.0633. The van der Waals surface area contributed by atoms with Gasteiger partial charge in [0.25, 0.3) is 0 Å². The summed E-state index contributed by atoms with van der Waals surface area (Å²) >= 11 is 3.34. The molecule has 2 N–H and O–H groups in total. The third-order valence-electron chi connectivity index (χ3n) is 2.20. The van der Waals surface area contributed by atoms with E-state index in [1.807, 2.05) is 18.2 Å². The molecule has 12 heavy (non-hydrogen) atoms. The molecule has 3 heteroatoms. The van der Waals surface area contributed by atoms with Gasteiger partial charge in [-0.1, -0.05) is 6.07 Å². The Labute approximate surface area is 80.3 Å². The van der Waals surface area contributed by atoms with Crippen LogP contribution in [0.15, 0.2) is 22.8 Å². The van der Waals surface area contributed by atoms with Crippen LogP contribution in [0, 0.1) is 0 Å². The van der Waals surface area contributed by atoms with Gasteiger partial charge in [0, 0.05) is 17.7 Å². The largest absolute Gasteiger partial charge is 0.325 e. The van der Waals surface area contributed by atoms with Crippen molar-refractivity contribution in [3.63, 3.8) is 0 Å². The Morgan fingerprint density at radius 3 is 2.83 bits per heavy atom. The van der Waals surface area contributed by atoms with Crippen LogP contribution in [0.5, 0.6) is 0 Å². The van der Waals surface area contributed by atoms with Gasteiger partial charge in [0.15, 0.2) is 0 Å². The van der Waals surface area contributed by atoms with E-state index in [9.17, 15) is 0 Å². The highest BCUT2D eigenvalue weighted by Crippen LogP contribution is 2.35. The second kappa shape index (κ2) is 2.82. The highest BCUT2D eigenvalue weighted by atomic mass is 79.9. The lowest BCUT2D eigenvalue weighted by Gasteiger charge is -2.06. The van der Waals surface area contributed by atoms with Gasteiger partial charge in [-0.3, -0.25) is 0 Å². The Morgan fingerprint density at radius 2 is 2.25 bits per heavy atom. The lowest BCUT2D eigenvalue weighted by atomic mass is 10.1. The summed E-state index contributed by atoms with van der Waals surface area (Å²) in [4.78, 5) is 4.34. The van der Waals surface area contributed by atoms with Gasteiger partial charge in [-0.15, -0.1) is 0 Å². The molecule has 1 aliphatic rings. The molecule has 0 amide bonds. The number of nitrogens with two attached hydrogens (primary N) is 1. The Morgan fingerprint density at radius 1 is 1.50 bits per heavy atom. The average Bonchev–Trinajstić information content (AvgIpc) is 2.67. The molecule has 1 heterocycles. The van der Waals surface area contributed by atoms with E-state index in [1.165, 1.54) is 0 Å². The zero-order valence-corrected chi connectivity index (χ0v) is 8.34. The van der Waals surface area contributed by atoms with Crippen LogP contribution in [0.4, 0.5) is 0 Å². The summed E-state index contributed by atoms with van der Waals surface area (Å²) in [6, 6.07) is 5.95. The minimum absolute atomic E-state index is 0.0633. The van der Waals surface area contributed by atoms with E-state index in [0.29, 0.717) is 0 Å². The van der Waals surface area contributed by atoms with Crippen molar-refractivity contribution in [2.45, 2.75) is 24.8 Å². The normalized spacial score (nSPS) is 19.2. The fourth-order valence-electron chi connectivity index (χ4n) is 1.25. The van der Waals surface area contributed by atoms with Crippen LogP contribution >= 0.6 is 15.9 Å². The van der Waals surface area contributed by atoms with Crippen molar-refractivity contribution in [2.75, 3.05) is 0 Å². The molecule has 2 rings (SSSR count). The van der Waals surface area contributed by atoms with Crippen molar-refractivity contribution in [1.82, 2.24) is 4.98 Å². The van der Waals surface area contributed by atoms with Gasteiger partial charge in [0.2, 0.25) is 0 Å². The molecule has 0 radical (unpaired) electrons. The van der Waals surface area contributed by atoms with Crippen molar-refractivity contribution in [2.24, 2.45) is 5.73 Å². The maximum atomic E-state index is 5.97. The summed E-state index contributed by atoms with van der Waals surface area (Å²) in [5.41, 5.74) is 7.12. The number of hydrogen-bond donors (Lipinski definition) is 1. The number of hydrogen-bond acceptors (Lipinski definition) is 2. The zero-order valence-electron chi connectivity index (χ0n) is 6.76. The second-order valence-electron chi connectivity index (χ2n) is 3.49. The maximum Gasteiger partial charge on any atom is 0.106 e. The Balaban J connectivity index is 2.12. The fraction of sp³-hybridized carbons (Fsp3) is 0.444. The van der Waals surface area contributed by atoms with Crippen LogP contribution in [0.1, 0.15) is 18.5 Å². The lowest BCUT2D eigenvalue weighted by Crippen LogP contribution is -2.24. The van der Waals surface area contributed by atoms with Gasteiger partial charge in [0.05, 0.1) is 0 Å². The topological polar surface area (TPSA) is 38.9 Å². The van der Waals surface area contributed by atoms with E-state index in [4.69, 9.17) is 5.73 Å². The van der Waals surface area contributed by atoms with Crippen LogP contribution in [-0.4, -0.2) is 10.5 Å². The van der Waals surface area contributed by atoms with E-state index >= 15 is 0 Å². The van der Waals surface area contributed by atoms with E-state index in [1.54, 1.807) is 0 Å². The molecule has 0 aromatic carbocycles. The highest BCUT2D eigenvalue weighted by Gasteiger charge is 2.38. The first-order valence-electron chi connectivity index (χ1n) is 4.08. The van der Waals surface area contributed by atoms with Gasteiger partial charge >= 0.3 is 0 Å². The molecule has 1 saturated carbocycles. The van der Waals surface area contributed by atoms with Crippen LogP contribution in [-0.2, 0) is 6.42 Å². The molecule has 0 saturated heterocycles. The third kappa shape index (κ3) is 1.84. The predicted molar refractivity (Wildman–Crippen MR) is 51.8 cm³/mol. The van der Waals surface area contributed by atoms with Gasteiger partial charge in [0.1, 0.15) is 4.60 Å². The monoisotopic (exact) mass is 226 g/mol. The van der Waals surface area contributed by atoms with E-state index in [0.717, 1.165) is 29.6 Å². The summed E-state index contributed by atoms with van der Waals surface area (Å²) in [6.45, 7) is 0. The first-order valence-corrected chi connectivity index (χ1v) is 4.88. The summed E-state index contributed by atoms with van der Waals surface area (Å²) < 4.78 is 0.893. The fourth-order valence-corrected chi connectivity index (χ4v) is 1.63. The van der Waals surface area contributed by atoms with Gasteiger partial charge in [-0.2, -0.15) is 0 Å². The van der Waals surface area contributed by atoms with Gasteiger partial charge in [-0.05, 0) is 40.9 Å². The molecule has 2 nitrogen and oxygen atoms in total. The number of pyridine rings is 1. The van der Waals surface area contributed by atoms with Gasteiger partial charge < -0.3 is 5.73 Å². The van der Waals surface area contributed by atoms with Crippen LogP contribution in [0.3, 0.4) is 0 Å². The Bertz CT molecular complexity index is 294.